The molecule has 8 heteroatoms. The molecule has 0 radical (unpaired) electrons. The number of nitrogens with two attached hydrogens (primary N) is 1. The summed E-state index contributed by atoms with van der Waals surface area (Å²) in [7, 11) is -3.50. The van der Waals surface area contributed by atoms with Gasteiger partial charge >= 0.3 is 0 Å². The summed E-state index contributed by atoms with van der Waals surface area (Å²) in [6, 6.07) is 6.81. The molecule has 0 aliphatic carbocycles. The van der Waals surface area contributed by atoms with Crippen molar-refractivity contribution in [3.05, 3.63) is 34.3 Å². The number of sulfone groups is 1. The summed E-state index contributed by atoms with van der Waals surface area (Å²) in [4.78, 5) is 11.9. The molecule has 0 bridgehead atoms. The van der Waals surface area contributed by atoms with E-state index in [1.165, 1.54) is 0 Å². The monoisotopic (exact) mass is 426 g/mol. The maximum Gasteiger partial charge on any atom is 0.235 e. The lowest BCUT2D eigenvalue weighted by Gasteiger charge is -2.18. The Balaban J connectivity index is 0.00000484. The molecule has 0 aromatic heterocycles. The predicted molar refractivity (Wildman–Crippen MR) is 99.3 cm³/mol. The van der Waals surface area contributed by atoms with Crippen LogP contribution in [-0.2, 0) is 20.4 Å². The minimum absolute atomic E-state index is 0. The van der Waals surface area contributed by atoms with Gasteiger partial charge in [-0.3, -0.25) is 4.79 Å². The van der Waals surface area contributed by atoms with Crippen molar-refractivity contribution in [3.8, 4) is 0 Å². The molecule has 23 heavy (non-hydrogen) atoms. The van der Waals surface area contributed by atoms with Crippen molar-refractivity contribution in [2.24, 2.45) is 11.7 Å². The van der Waals surface area contributed by atoms with Crippen LogP contribution in [0.2, 0.25) is 0 Å². The zero-order chi connectivity index (χ0) is 16.8. The minimum atomic E-state index is -3.50. The standard InChI is InChI=1S/C15H23BrN2O3S.ClH/c1-11(2)7-14(8-17)18-15(19)10-22(20,21)9-12-3-5-13(16)6-4-12;/h3-6,11,14H,7-10,17H2,1-2H3,(H,18,19);1H. The highest BCUT2D eigenvalue weighted by Crippen LogP contribution is 2.13. The summed E-state index contributed by atoms with van der Waals surface area (Å²) < 4.78 is 25.0. The van der Waals surface area contributed by atoms with Crippen LogP contribution >= 0.6 is 28.3 Å². The van der Waals surface area contributed by atoms with E-state index in [0.29, 0.717) is 18.0 Å². The van der Waals surface area contributed by atoms with Crippen LogP contribution in [0.1, 0.15) is 25.8 Å². The molecule has 132 valence electrons. The topological polar surface area (TPSA) is 89.3 Å². The van der Waals surface area contributed by atoms with Gasteiger partial charge in [-0.15, -0.1) is 12.4 Å². The lowest BCUT2D eigenvalue weighted by molar-refractivity contribution is -0.119. The predicted octanol–water partition coefficient (Wildman–Crippen LogP) is 2.28. The Kier molecular flexibility index (Phi) is 10.00. The first kappa shape index (κ1) is 22.4. The van der Waals surface area contributed by atoms with Gasteiger partial charge in [-0.2, -0.15) is 0 Å². The average Bonchev–Trinajstić information content (AvgIpc) is 2.39. The summed E-state index contributed by atoms with van der Waals surface area (Å²) >= 11 is 3.29. The van der Waals surface area contributed by atoms with Crippen molar-refractivity contribution in [1.82, 2.24) is 5.32 Å². The molecule has 0 saturated heterocycles. The van der Waals surface area contributed by atoms with E-state index in [1.807, 2.05) is 13.8 Å². The average molecular weight is 428 g/mol. The fourth-order valence-electron chi connectivity index (χ4n) is 2.14. The van der Waals surface area contributed by atoms with Crippen LogP contribution in [0.3, 0.4) is 0 Å². The Hall–Kier alpha value is -0.630. The molecule has 0 spiro atoms. The fraction of sp³-hybridized carbons (Fsp3) is 0.533. The summed E-state index contributed by atoms with van der Waals surface area (Å²) in [5, 5.41) is 2.70. The van der Waals surface area contributed by atoms with Crippen LogP contribution in [0.15, 0.2) is 28.7 Å². The number of rotatable bonds is 8. The summed E-state index contributed by atoms with van der Waals surface area (Å²) in [6.45, 7) is 4.36. The van der Waals surface area contributed by atoms with Crippen LogP contribution in [0.25, 0.3) is 0 Å². The van der Waals surface area contributed by atoms with Gasteiger partial charge in [0.05, 0.1) is 5.75 Å². The first-order chi connectivity index (χ1) is 10.2. The van der Waals surface area contributed by atoms with E-state index in [2.05, 4.69) is 21.2 Å². The first-order valence-corrected chi connectivity index (χ1v) is 9.77. The van der Waals surface area contributed by atoms with Crippen molar-refractivity contribution in [3.63, 3.8) is 0 Å². The van der Waals surface area contributed by atoms with Gasteiger partial charge in [0.25, 0.3) is 0 Å². The Morgan fingerprint density at radius 3 is 2.30 bits per heavy atom. The second kappa shape index (κ2) is 10.3. The van der Waals surface area contributed by atoms with E-state index < -0.39 is 21.5 Å². The van der Waals surface area contributed by atoms with Crippen LogP contribution in [-0.4, -0.2) is 32.7 Å². The third-order valence-electron chi connectivity index (χ3n) is 3.06. The largest absolute Gasteiger partial charge is 0.351 e. The van der Waals surface area contributed by atoms with Crippen molar-refractivity contribution in [2.45, 2.75) is 32.1 Å². The van der Waals surface area contributed by atoms with Crippen molar-refractivity contribution in [1.29, 1.82) is 0 Å². The van der Waals surface area contributed by atoms with Gasteiger partial charge < -0.3 is 11.1 Å². The molecule has 1 rings (SSSR count). The van der Waals surface area contributed by atoms with Gasteiger partial charge in [-0.1, -0.05) is 41.9 Å². The molecule has 3 N–H and O–H groups in total. The maximum absolute atomic E-state index is 12.1. The Labute approximate surface area is 152 Å². The smallest absolute Gasteiger partial charge is 0.235 e. The van der Waals surface area contributed by atoms with Gasteiger partial charge in [0, 0.05) is 17.1 Å². The maximum atomic E-state index is 12.1. The molecule has 1 amide bonds. The molecule has 0 heterocycles. The molecule has 0 saturated carbocycles. The SMILES string of the molecule is CC(C)CC(CN)NC(=O)CS(=O)(=O)Cc1ccc(Br)cc1.Cl. The number of benzene rings is 1. The second-order valence-corrected chi connectivity index (χ2v) is 8.77. The van der Waals surface area contributed by atoms with E-state index in [9.17, 15) is 13.2 Å². The number of nitrogens with one attached hydrogen (secondary N) is 1. The highest BCUT2D eigenvalue weighted by atomic mass is 79.9. The van der Waals surface area contributed by atoms with E-state index in [0.717, 1.165) is 10.9 Å². The zero-order valence-electron chi connectivity index (χ0n) is 13.3. The van der Waals surface area contributed by atoms with Crippen LogP contribution < -0.4 is 11.1 Å². The number of carbonyl (C=O) groups excluding carboxylic acids is 1. The molecule has 1 aromatic carbocycles. The van der Waals surface area contributed by atoms with Crippen molar-refractivity contribution >= 4 is 44.1 Å². The Morgan fingerprint density at radius 1 is 1.26 bits per heavy atom. The highest BCUT2D eigenvalue weighted by molar-refractivity contribution is 9.10. The van der Waals surface area contributed by atoms with Crippen molar-refractivity contribution in [2.75, 3.05) is 12.3 Å². The molecule has 0 fully saturated rings. The molecular formula is C15H24BrClN2O3S. The van der Waals surface area contributed by atoms with Crippen LogP contribution in [0, 0.1) is 5.92 Å². The molecule has 1 unspecified atom stereocenters. The second-order valence-electron chi connectivity index (χ2n) is 5.79. The molecule has 1 aromatic rings. The fourth-order valence-corrected chi connectivity index (χ4v) is 3.69. The third kappa shape index (κ3) is 9.30. The van der Waals surface area contributed by atoms with Gasteiger partial charge in [0.15, 0.2) is 9.84 Å². The number of hydrogen-bond acceptors (Lipinski definition) is 4. The highest BCUT2D eigenvalue weighted by Gasteiger charge is 2.20. The summed E-state index contributed by atoms with van der Waals surface area (Å²) in [5.41, 5.74) is 6.26. The van der Waals surface area contributed by atoms with Gasteiger partial charge in [-0.25, -0.2) is 8.42 Å². The number of amides is 1. The number of carbonyl (C=O) groups is 1. The van der Waals surface area contributed by atoms with Crippen LogP contribution in [0.4, 0.5) is 0 Å². The molecule has 1 atom stereocenters. The van der Waals surface area contributed by atoms with E-state index in [4.69, 9.17) is 5.73 Å². The van der Waals surface area contributed by atoms with Crippen molar-refractivity contribution < 1.29 is 13.2 Å². The zero-order valence-corrected chi connectivity index (χ0v) is 16.5. The van der Waals surface area contributed by atoms with E-state index in [-0.39, 0.29) is 24.2 Å². The molecule has 5 nitrogen and oxygen atoms in total. The lowest BCUT2D eigenvalue weighted by Crippen LogP contribution is -2.43. The summed E-state index contributed by atoms with van der Waals surface area (Å²) in [5.74, 6) is -0.774. The molecule has 0 aliphatic rings. The number of halogens is 2. The normalized spacial score (nSPS) is 12.6. The van der Waals surface area contributed by atoms with Gasteiger partial charge in [0.1, 0.15) is 5.75 Å². The quantitative estimate of drug-likeness (QED) is 0.666. The Morgan fingerprint density at radius 2 is 1.83 bits per heavy atom. The number of hydrogen-bond donors (Lipinski definition) is 2. The lowest BCUT2D eigenvalue weighted by atomic mass is 10.0. The minimum Gasteiger partial charge on any atom is -0.351 e. The first-order valence-electron chi connectivity index (χ1n) is 7.16. The molecular weight excluding hydrogens is 404 g/mol. The van der Waals surface area contributed by atoms with Gasteiger partial charge in [0.2, 0.25) is 5.91 Å². The molecule has 0 aliphatic heterocycles. The van der Waals surface area contributed by atoms with Crippen LogP contribution in [0.5, 0.6) is 0 Å². The summed E-state index contributed by atoms with van der Waals surface area (Å²) in [6.07, 6.45) is 0.731. The third-order valence-corrected chi connectivity index (χ3v) is 5.06. The van der Waals surface area contributed by atoms with E-state index in [1.54, 1.807) is 24.3 Å². The Bertz CT molecular complexity index is 591. The van der Waals surface area contributed by atoms with E-state index >= 15 is 0 Å². The van der Waals surface area contributed by atoms with Gasteiger partial charge in [-0.05, 0) is 30.0 Å².